The molecule has 0 aliphatic carbocycles. The molecule has 1 amide bonds. The summed E-state index contributed by atoms with van der Waals surface area (Å²) in [6.07, 6.45) is 2.22. The minimum atomic E-state index is -0.515. The van der Waals surface area contributed by atoms with Gasteiger partial charge in [-0.3, -0.25) is 14.9 Å². The molecular weight excluding hydrogens is 300 g/mol. The third-order valence-corrected chi connectivity index (χ3v) is 3.25. The van der Waals surface area contributed by atoms with Crippen molar-refractivity contribution in [3.63, 3.8) is 0 Å². The molecule has 23 heavy (non-hydrogen) atoms. The van der Waals surface area contributed by atoms with E-state index in [0.717, 1.165) is 5.76 Å². The number of benzene rings is 1. The Morgan fingerprint density at radius 1 is 1.39 bits per heavy atom. The van der Waals surface area contributed by atoms with E-state index in [-0.39, 0.29) is 11.6 Å². The number of nitrogens with one attached hydrogen (secondary N) is 1. The second kappa shape index (κ2) is 8.09. The van der Waals surface area contributed by atoms with Crippen LogP contribution in [-0.2, 0) is 11.3 Å². The predicted octanol–water partition coefficient (Wildman–Crippen LogP) is 2.83. The highest BCUT2D eigenvalue weighted by molar-refractivity contribution is 5.96. The topological polar surface area (TPSA) is 94.6 Å². The lowest BCUT2D eigenvalue weighted by atomic mass is 10.1. The maximum atomic E-state index is 12.1. The van der Waals surface area contributed by atoms with E-state index in [1.165, 1.54) is 12.1 Å². The van der Waals surface area contributed by atoms with E-state index in [0.29, 0.717) is 37.3 Å². The second-order valence-corrected chi connectivity index (χ2v) is 5.00. The van der Waals surface area contributed by atoms with Crippen molar-refractivity contribution in [1.29, 1.82) is 0 Å². The molecule has 0 aliphatic heterocycles. The van der Waals surface area contributed by atoms with Crippen LogP contribution in [0.3, 0.4) is 0 Å². The minimum Gasteiger partial charge on any atom is -0.467 e. The first-order valence-electron chi connectivity index (χ1n) is 7.21. The standard InChI is InChI=1S/C16H18N2O5/c1-12-5-6-13(18(20)21)10-15(12)16(19)17-7-3-8-22-11-14-4-2-9-23-14/h2,4-6,9-10H,3,7-8,11H2,1H3,(H,17,19). The van der Waals surface area contributed by atoms with Crippen LogP contribution < -0.4 is 5.32 Å². The van der Waals surface area contributed by atoms with Crippen molar-refractivity contribution in [1.82, 2.24) is 5.32 Å². The van der Waals surface area contributed by atoms with Crippen molar-refractivity contribution < 1.29 is 18.9 Å². The lowest BCUT2D eigenvalue weighted by molar-refractivity contribution is -0.384. The highest BCUT2D eigenvalue weighted by Crippen LogP contribution is 2.17. The van der Waals surface area contributed by atoms with Crippen LogP contribution >= 0.6 is 0 Å². The summed E-state index contributed by atoms with van der Waals surface area (Å²) in [5.41, 5.74) is 0.917. The molecule has 7 heteroatoms. The summed E-state index contributed by atoms with van der Waals surface area (Å²) in [6, 6.07) is 7.86. The third-order valence-electron chi connectivity index (χ3n) is 3.25. The van der Waals surface area contributed by atoms with Gasteiger partial charge in [0.15, 0.2) is 0 Å². The summed E-state index contributed by atoms with van der Waals surface area (Å²) in [4.78, 5) is 22.3. The first-order valence-corrected chi connectivity index (χ1v) is 7.21. The summed E-state index contributed by atoms with van der Waals surface area (Å²) in [5, 5.41) is 13.5. The quantitative estimate of drug-likeness (QED) is 0.459. The molecule has 1 heterocycles. The Labute approximate surface area is 133 Å². The number of ether oxygens (including phenoxy) is 1. The molecule has 122 valence electrons. The number of nitrogens with zero attached hydrogens (tertiary/aromatic N) is 1. The van der Waals surface area contributed by atoms with Crippen molar-refractivity contribution in [2.45, 2.75) is 20.0 Å². The zero-order chi connectivity index (χ0) is 16.7. The van der Waals surface area contributed by atoms with Gasteiger partial charge in [-0.05, 0) is 31.0 Å². The van der Waals surface area contributed by atoms with Gasteiger partial charge in [-0.15, -0.1) is 0 Å². The van der Waals surface area contributed by atoms with E-state index in [1.807, 2.05) is 6.07 Å². The predicted molar refractivity (Wildman–Crippen MR) is 83.1 cm³/mol. The number of nitro groups is 1. The van der Waals surface area contributed by atoms with Crippen molar-refractivity contribution in [2.24, 2.45) is 0 Å². The number of aryl methyl sites for hydroxylation is 1. The fourth-order valence-corrected chi connectivity index (χ4v) is 2.01. The van der Waals surface area contributed by atoms with Gasteiger partial charge in [-0.1, -0.05) is 6.07 Å². The van der Waals surface area contributed by atoms with Gasteiger partial charge in [0.2, 0.25) is 0 Å². The zero-order valence-electron chi connectivity index (χ0n) is 12.8. The molecule has 0 saturated heterocycles. The van der Waals surface area contributed by atoms with Crippen LogP contribution in [0.1, 0.15) is 28.1 Å². The molecule has 1 N–H and O–H groups in total. The first-order chi connectivity index (χ1) is 11.1. The fraction of sp³-hybridized carbons (Fsp3) is 0.312. The Kier molecular flexibility index (Phi) is 5.87. The largest absolute Gasteiger partial charge is 0.467 e. The molecule has 0 fully saturated rings. The Hall–Kier alpha value is -2.67. The summed E-state index contributed by atoms with van der Waals surface area (Å²) in [6.45, 7) is 3.05. The molecule has 7 nitrogen and oxygen atoms in total. The minimum absolute atomic E-state index is 0.0949. The average Bonchev–Trinajstić information content (AvgIpc) is 3.04. The van der Waals surface area contributed by atoms with E-state index >= 15 is 0 Å². The Bertz CT molecular complexity index is 667. The Morgan fingerprint density at radius 3 is 2.91 bits per heavy atom. The molecule has 0 saturated carbocycles. The van der Waals surface area contributed by atoms with Crippen LogP contribution in [0.15, 0.2) is 41.0 Å². The number of hydrogen-bond donors (Lipinski definition) is 1. The van der Waals surface area contributed by atoms with Gasteiger partial charge in [0.1, 0.15) is 12.4 Å². The molecule has 0 radical (unpaired) electrons. The summed E-state index contributed by atoms with van der Waals surface area (Å²) in [7, 11) is 0. The number of carbonyl (C=O) groups is 1. The van der Waals surface area contributed by atoms with Crippen LogP contribution in [0.25, 0.3) is 0 Å². The number of amides is 1. The molecule has 0 bridgehead atoms. The van der Waals surface area contributed by atoms with E-state index in [1.54, 1.807) is 25.3 Å². The van der Waals surface area contributed by atoms with Gasteiger partial charge in [0.25, 0.3) is 11.6 Å². The number of rotatable bonds is 8. The van der Waals surface area contributed by atoms with Crippen LogP contribution in [0.5, 0.6) is 0 Å². The molecule has 0 aliphatic rings. The number of nitro benzene ring substituents is 1. The van der Waals surface area contributed by atoms with E-state index in [2.05, 4.69) is 5.32 Å². The number of carbonyl (C=O) groups excluding carboxylic acids is 1. The van der Waals surface area contributed by atoms with Crippen LogP contribution in [0.4, 0.5) is 5.69 Å². The highest BCUT2D eigenvalue weighted by Gasteiger charge is 2.14. The average molecular weight is 318 g/mol. The number of non-ortho nitro benzene ring substituents is 1. The van der Waals surface area contributed by atoms with Crippen LogP contribution in [0, 0.1) is 17.0 Å². The van der Waals surface area contributed by atoms with Gasteiger partial charge in [0.05, 0.1) is 11.2 Å². The van der Waals surface area contributed by atoms with Gasteiger partial charge < -0.3 is 14.5 Å². The highest BCUT2D eigenvalue weighted by atomic mass is 16.6. The molecule has 1 aromatic heterocycles. The fourth-order valence-electron chi connectivity index (χ4n) is 2.01. The van der Waals surface area contributed by atoms with E-state index in [9.17, 15) is 14.9 Å². The maximum Gasteiger partial charge on any atom is 0.270 e. The molecule has 0 atom stereocenters. The van der Waals surface area contributed by atoms with Gasteiger partial charge >= 0.3 is 0 Å². The third kappa shape index (κ3) is 4.93. The molecule has 0 spiro atoms. The monoisotopic (exact) mass is 318 g/mol. The van der Waals surface area contributed by atoms with E-state index < -0.39 is 4.92 Å². The normalized spacial score (nSPS) is 10.5. The molecule has 2 rings (SSSR count). The summed E-state index contributed by atoms with van der Waals surface area (Å²) < 4.78 is 10.5. The Balaban J connectivity index is 1.74. The molecule has 0 unspecified atom stereocenters. The van der Waals surface area contributed by atoms with Crippen LogP contribution in [-0.4, -0.2) is 24.0 Å². The first kappa shape index (κ1) is 16.7. The summed E-state index contributed by atoms with van der Waals surface area (Å²) in [5.74, 6) is 0.429. The van der Waals surface area contributed by atoms with Crippen molar-refractivity contribution in [3.05, 3.63) is 63.6 Å². The van der Waals surface area contributed by atoms with Crippen molar-refractivity contribution >= 4 is 11.6 Å². The van der Waals surface area contributed by atoms with E-state index in [4.69, 9.17) is 9.15 Å². The number of furan rings is 1. The molecule has 1 aromatic carbocycles. The van der Waals surface area contributed by atoms with Crippen LogP contribution in [0.2, 0.25) is 0 Å². The Morgan fingerprint density at radius 2 is 2.22 bits per heavy atom. The van der Waals surface area contributed by atoms with Crippen molar-refractivity contribution in [3.8, 4) is 0 Å². The summed E-state index contributed by atoms with van der Waals surface area (Å²) >= 11 is 0. The van der Waals surface area contributed by atoms with Gasteiger partial charge in [-0.25, -0.2) is 0 Å². The maximum absolute atomic E-state index is 12.1. The lowest BCUT2D eigenvalue weighted by Crippen LogP contribution is -2.26. The second-order valence-electron chi connectivity index (χ2n) is 5.00. The molecular formula is C16H18N2O5. The lowest BCUT2D eigenvalue weighted by Gasteiger charge is -2.08. The molecule has 2 aromatic rings. The van der Waals surface area contributed by atoms with Gasteiger partial charge in [-0.2, -0.15) is 0 Å². The smallest absolute Gasteiger partial charge is 0.270 e. The van der Waals surface area contributed by atoms with Crippen molar-refractivity contribution in [2.75, 3.05) is 13.2 Å². The number of hydrogen-bond acceptors (Lipinski definition) is 5. The van der Waals surface area contributed by atoms with Gasteiger partial charge in [0, 0.05) is 30.8 Å². The zero-order valence-corrected chi connectivity index (χ0v) is 12.8. The SMILES string of the molecule is Cc1ccc([N+](=O)[O-])cc1C(=O)NCCCOCc1ccco1.